The van der Waals surface area contributed by atoms with E-state index in [0.29, 0.717) is 4.73 Å². The second kappa shape index (κ2) is 4.99. The molecular weight excluding hydrogens is 281 g/mol. The number of hydrogen-bond acceptors (Lipinski definition) is 4. The summed E-state index contributed by atoms with van der Waals surface area (Å²) >= 11 is 3.18. The fraction of sp³-hybridized carbons (Fsp3) is 0.600. The van der Waals surface area contributed by atoms with Gasteiger partial charge in [-0.1, -0.05) is 0 Å². The highest BCUT2D eigenvalue weighted by Crippen LogP contribution is 2.15. The summed E-state index contributed by atoms with van der Waals surface area (Å²) in [5.41, 5.74) is 5.59. The standard InChI is InChI=1S/C5H8BrN5.2ClH/c6-4-8-5(10-9-4)11-1-3(7)2-11;;/h3H,1-2,7H2,(H,8,9,10);2*1H. The van der Waals surface area contributed by atoms with E-state index in [9.17, 15) is 0 Å². The van der Waals surface area contributed by atoms with Crippen LogP contribution in [0.4, 0.5) is 5.95 Å². The van der Waals surface area contributed by atoms with Gasteiger partial charge in [-0.3, -0.25) is 5.10 Å². The molecule has 0 amide bonds. The van der Waals surface area contributed by atoms with Crippen molar-refractivity contribution in [2.45, 2.75) is 6.04 Å². The lowest BCUT2D eigenvalue weighted by Crippen LogP contribution is -2.56. The minimum Gasteiger partial charge on any atom is -0.336 e. The second-order valence-corrected chi connectivity index (χ2v) is 3.34. The maximum Gasteiger partial charge on any atom is 0.245 e. The fourth-order valence-electron chi connectivity index (χ4n) is 1.05. The van der Waals surface area contributed by atoms with Gasteiger partial charge in [0.15, 0.2) is 4.73 Å². The lowest BCUT2D eigenvalue weighted by molar-refractivity contribution is 0.509. The topological polar surface area (TPSA) is 70.8 Å². The number of anilines is 1. The zero-order valence-electron chi connectivity index (χ0n) is 6.61. The summed E-state index contributed by atoms with van der Waals surface area (Å²) in [6, 6.07) is 0.285. The van der Waals surface area contributed by atoms with Crippen LogP contribution in [0, 0.1) is 0 Å². The zero-order valence-corrected chi connectivity index (χ0v) is 9.82. The molecule has 3 N–H and O–H groups in total. The molecule has 76 valence electrons. The first-order chi connectivity index (χ1) is 5.25. The highest BCUT2D eigenvalue weighted by atomic mass is 79.9. The summed E-state index contributed by atoms with van der Waals surface area (Å²) < 4.78 is 0.660. The molecule has 1 aromatic rings. The molecule has 0 bridgehead atoms. The Hall–Kier alpha value is -0.0400. The number of hydrogen-bond donors (Lipinski definition) is 2. The first kappa shape index (κ1) is 13.0. The van der Waals surface area contributed by atoms with Crippen molar-refractivity contribution in [3.05, 3.63) is 4.73 Å². The first-order valence-corrected chi connectivity index (χ1v) is 4.13. The molecule has 1 aliphatic rings. The summed E-state index contributed by atoms with van der Waals surface area (Å²) in [5.74, 6) is 0.721. The van der Waals surface area contributed by atoms with Gasteiger partial charge in [-0.05, 0) is 15.9 Å². The molecule has 0 radical (unpaired) electrons. The lowest BCUT2D eigenvalue weighted by Gasteiger charge is -2.35. The Kier molecular flexibility index (Phi) is 4.98. The Morgan fingerprint density at radius 1 is 1.46 bits per heavy atom. The third-order valence-corrected chi connectivity index (χ3v) is 1.99. The van der Waals surface area contributed by atoms with Crippen molar-refractivity contribution >= 4 is 46.7 Å². The quantitative estimate of drug-likeness (QED) is 0.793. The normalized spacial score (nSPS) is 15.7. The molecule has 0 aliphatic carbocycles. The van der Waals surface area contributed by atoms with Crippen LogP contribution in [0.25, 0.3) is 0 Å². The number of rotatable bonds is 1. The molecule has 5 nitrogen and oxygen atoms in total. The molecule has 1 aliphatic heterocycles. The van der Waals surface area contributed by atoms with E-state index in [2.05, 4.69) is 31.1 Å². The number of nitrogens with zero attached hydrogens (tertiary/aromatic N) is 3. The molecule has 2 rings (SSSR count). The summed E-state index contributed by atoms with van der Waals surface area (Å²) in [6.45, 7) is 1.70. The summed E-state index contributed by atoms with van der Waals surface area (Å²) in [5, 5.41) is 6.67. The van der Waals surface area contributed by atoms with E-state index >= 15 is 0 Å². The highest BCUT2D eigenvalue weighted by Gasteiger charge is 2.25. The molecule has 0 spiro atoms. The van der Waals surface area contributed by atoms with Gasteiger partial charge in [-0.15, -0.1) is 29.9 Å². The molecule has 1 saturated heterocycles. The van der Waals surface area contributed by atoms with E-state index in [1.54, 1.807) is 0 Å². The van der Waals surface area contributed by atoms with Crippen molar-refractivity contribution in [3.63, 3.8) is 0 Å². The minimum absolute atomic E-state index is 0. The predicted octanol–water partition coefficient (Wildman–Crippen LogP) is 0.558. The SMILES string of the molecule is Cl.Cl.NC1CN(c2n[nH]c(Br)n2)C1. The van der Waals surface area contributed by atoms with Gasteiger partial charge in [0, 0.05) is 19.1 Å². The van der Waals surface area contributed by atoms with Crippen LogP contribution < -0.4 is 10.6 Å². The average molecular weight is 291 g/mol. The van der Waals surface area contributed by atoms with Crippen LogP contribution in [0.2, 0.25) is 0 Å². The molecule has 0 saturated carbocycles. The zero-order chi connectivity index (χ0) is 7.84. The van der Waals surface area contributed by atoms with Crippen LogP contribution in [0.3, 0.4) is 0 Å². The Labute approximate surface area is 96.4 Å². The van der Waals surface area contributed by atoms with Crippen molar-refractivity contribution in [2.24, 2.45) is 5.73 Å². The number of aromatic amines is 1. The van der Waals surface area contributed by atoms with Crippen LogP contribution in [-0.2, 0) is 0 Å². The van der Waals surface area contributed by atoms with Gasteiger partial charge in [0.2, 0.25) is 5.95 Å². The Morgan fingerprint density at radius 3 is 2.46 bits per heavy atom. The predicted molar refractivity (Wildman–Crippen MR) is 58.8 cm³/mol. The average Bonchev–Trinajstić information content (AvgIpc) is 2.29. The van der Waals surface area contributed by atoms with Crippen molar-refractivity contribution < 1.29 is 0 Å². The number of nitrogens with one attached hydrogen (secondary N) is 1. The van der Waals surface area contributed by atoms with E-state index in [0.717, 1.165) is 19.0 Å². The van der Waals surface area contributed by atoms with Gasteiger partial charge < -0.3 is 10.6 Å². The second-order valence-electron chi connectivity index (χ2n) is 2.59. The van der Waals surface area contributed by atoms with Gasteiger partial charge in [-0.2, -0.15) is 4.98 Å². The van der Waals surface area contributed by atoms with Crippen molar-refractivity contribution in [1.82, 2.24) is 15.2 Å². The molecule has 13 heavy (non-hydrogen) atoms. The Balaban J connectivity index is 0.000000720. The van der Waals surface area contributed by atoms with Crippen molar-refractivity contribution in [1.29, 1.82) is 0 Å². The van der Waals surface area contributed by atoms with E-state index in [-0.39, 0.29) is 30.9 Å². The monoisotopic (exact) mass is 289 g/mol. The molecule has 0 atom stereocenters. The van der Waals surface area contributed by atoms with Crippen molar-refractivity contribution in [2.75, 3.05) is 18.0 Å². The Morgan fingerprint density at radius 2 is 2.08 bits per heavy atom. The third kappa shape index (κ3) is 2.70. The molecular formula is C5H10BrCl2N5. The molecule has 1 fully saturated rings. The minimum atomic E-state index is 0. The van der Waals surface area contributed by atoms with E-state index in [4.69, 9.17) is 5.73 Å². The number of H-pyrrole nitrogens is 1. The molecule has 8 heteroatoms. The van der Waals surface area contributed by atoms with E-state index < -0.39 is 0 Å². The number of halogens is 3. The van der Waals surface area contributed by atoms with Gasteiger partial charge in [0.1, 0.15) is 0 Å². The van der Waals surface area contributed by atoms with Crippen molar-refractivity contribution in [3.8, 4) is 0 Å². The van der Waals surface area contributed by atoms with Gasteiger partial charge in [0.05, 0.1) is 0 Å². The molecule has 0 aromatic carbocycles. The Bertz CT molecular complexity index is 261. The van der Waals surface area contributed by atoms with Crippen LogP contribution in [-0.4, -0.2) is 34.3 Å². The van der Waals surface area contributed by atoms with E-state index in [1.165, 1.54) is 0 Å². The number of aromatic nitrogens is 3. The van der Waals surface area contributed by atoms with E-state index in [1.807, 2.05) is 4.90 Å². The van der Waals surface area contributed by atoms with Gasteiger partial charge in [-0.25, -0.2) is 0 Å². The maximum atomic E-state index is 5.59. The van der Waals surface area contributed by atoms with Crippen LogP contribution in [0.1, 0.15) is 0 Å². The largest absolute Gasteiger partial charge is 0.336 e. The maximum absolute atomic E-state index is 5.59. The lowest BCUT2D eigenvalue weighted by atomic mass is 10.1. The summed E-state index contributed by atoms with van der Waals surface area (Å²) in [7, 11) is 0. The highest BCUT2D eigenvalue weighted by molar-refractivity contribution is 9.10. The molecule has 0 unspecified atom stereocenters. The fourth-order valence-corrected chi connectivity index (χ4v) is 1.30. The summed E-state index contributed by atoms with van der Waals surface area (Å²) in [6.07, 6.45) is 0. The molecule has 1 aromatic heterocycles. The molecule has 2 heterocycles. The van der Waals surface area contributed by atoms with Crippen LogP contribution in [0.15, 0.2) is 4.73 Å². The smallest absolute Gasteiger partial charge is 0.245 e. The third-order valence-electron chi connectivity index (χ3n) is 1.64. The first-order valence-electron chi connectivity index (χ1n) is 3.34. The van der Waals surface area contributed by atoms with Gasteiger partial charge in [0.25, 0.3) is 0 Å². The van der Waals surface area contributed by atoms with Gasteiger partial charge >= 0.3 is 0 Å². The van der Waals surface area contributed by atoms with Crippen LogP contribution >= 0.6 is 40.7 Å². The van der Waals surface area contributed by atoms with Crippen LogP contribution in [0.5, 0.6) is 0 Å². The number of nitrogens with two attached hydrogens (primary N) is 1. The summed E-state index contributed by atoms with van der Waals surface area (Å²) in [4.78, 5) is 6.11.